The van der Waals surface area contributed by atoms with Crippen molar-refractivity contribution >= 4 is 11.6 Å². The van der Waals surface area contributed by atoms with Gasteiger partial charge in [0.15, 0.2) is 0 Å². The minimum atomic E-state index is 0.0499. The average Bonchev–Trinajstić information content (AvgIpc) is 2.91. The number of carbonyl (C=O) groups excluding carboxylic acids is 1. The first-order chi connectivity index (χ1) is 11.9. The summed E-state index contributed by atoms with van der Waals surface area (Å²) in [6.45, 7) is 8.56. The Hall–Kier alpha value is -2.35. The summed E-state index contributed by atoms with van der Waals surface area (Å²) in [4.78, 5) is 12.8. The van der Waals surface area contributed by atoms with Crippen LogP contribution in [-0.2, 0) is 11.2 Å². The first-order valence-corrected chi connectivity index (χ1v) is 9.05. The quantitative estimate of drug-likeness (QED) is 0.637. The number of amides is 1. The number of hydrogen-bond donors (Lipinski definition) is 1. The molecule has 2 aliphatic carbocycles. The van der Waals surface area contributed by atoms with E-state index in [1.54, 1.807) is 0 Å². The number of allylic oxidation sites excluding steroid dienone is 2. The summed E-state index contributed by atoms with van der Waals surface area (Å²) in [5.41, 5.74) is 7.53. The van der Waals surface area contributed by atoms with Gasteiger partial charge in [-0.05, 0) is 66.0 Å². The Kier molecular flexibility index (Phi) is 3.61. The van der Waals surface area contributed by atoms with Crippen LogP contribution in [0.25, 0.3) is 11.1 Å². The van der Waals surface area contributed by atoms with Crippen molar-refractivity contribution in [2.24, 2.45) is 17.3 Å². The van der Waals surface area contributed by atoms with E-state index in [9.17, 15) is 4.79 Å². The maximum absolute atomic E-state index is 12.8. The lowest BCUT2D eigenvalue weighted by Gasteiger charge is -2.08. The second-order valence-corrected chi connectivity index (χ2v) is 8.26. The molecule has 2 aromatic carbocycles. The SMILES string of the molecule is CC(C)=C[C@@H]1[C@H](C(=O)Nc2ccc3c(c2)Cc2ccccc2-3)C1(C)C. The van der Waals surface area contributed by atoms with Gasteiger partial charge in [0.1, 0.15) is 0 Å². The van der Waals surface area contributed by atoms with Gasteiger partial charge >= 0.3 is 0 Å². The van der Waals surface area contributed by atoms with Gasteiger partial charge in [0, 0.05) is 5.69 Å². The zero-order chi connectivity index (χ0) is 17.8. The number of benzene rings is 2. The molecule has 1 fully saturated rings. The number of carbonyl (C=O) groups is 1. The summed E-state index contributed by atoms with van der Waals surface area (Å²) in [5.74, 6) is 0.548. The third kappa shape index (κ3) is 2.70. The van der Waals surface area contributed by atoms with Crippen molar-refractivity contribution in [2.45, 2.75) is 34.1 Å². The van der Waals surface area contributed by atoms with Crippen LogP contribution in [0.3, 0.4) is 0 Å². The number of nitrogens with one attached hydrogen (secondary N) is 1. The van der Waals surface area contributed by atoms with E-state index in [0.717, 1.165) is 12.1 Å². The van der Waals surface area contributed by atoms with E-state index in [-0.39, 0.29) is 17.2 Å². The van der Waals surface area contributed by atoms with Gasteiger partial charge in [0.25, 0.3) is 0 Å². The highest BCUT2D eigenvalue weighted by Crippen LogP contribution is 2.59. The first kappa shape index (κ1) is 16.1. The molecule has 0 aliphatic heterocycles. The first-order valence-electron chi connectivity index (χ1n) is 9.05. The van der Waals surface area contributed by atoms with Gasteiger partial charge in [-0.3, -0.25) is 4.79 Å². The zero-order valence-electron chi connectivity index (χ0n) is 15.4. The lowest BCUT2D eigenvalue weighted by Crippen LogP contribution is -2.17. The molecule has 1 saturated carbocycles. The van der Waals surface area contributed by atoms with Crippen LogP contribution in [0.15, 0.2) is 54.1 Å². The third-order valence-electron chi connectivity index (χ3n) is 5.77. The van der Waals surface area contributed by atoms with Gasteiger partial charge in [-0.2, -0.15) is 0 Å². The Bertz CT molecular complexity index is 887. The van der Waals surface area contributed by atoms with Crippen LogP contribution in [0.1, 0.15) is 38.8 Å². The van der Waals surface area contributed by atoms with E-state index < -0.39 is 0 Å². The van der Waals surface area contributed by atoms with Crippen LogP contribution in [0, 0.1) is 17.3 Å². The molecule has 0 radical (unpaired) electrons. The molecule has 1 N–H and O–H groups in total. The van der Waals surface area contributed by atoms with Gasteiger partial charge in [-0.15, -0.1) is 0 Å². The molecule has 0 bridgehead atoms. The van der Waals surface area contributed by atoms with Gasteiger partial charge in [-0.25, -0.2) is 0 Å². The van der Waals surface area contributed by atoms with E-state index in [1.807, 2.05) is 6.07 Å². The maximum Gasteiger partial charge on any atom is 0.228 e. The van der Waals surface area contributed by atoms with E-state index in [0.29, 0.717) is 5.92 Å². The summed E-state index contributed by atoms with van der Waals surface area (Å²) < 4.78 is 0. The molecule has 2 atom stereocenters. The Morgan fingerprint density at radius 2 is 1.80 bits per heavy atom. The average molecular weight is 331 g/mol. The molecule has 2 aromatic rings. The van der Waals surface area contributed by atoms with Crippen LogP contribution in [-0.4, -0.2) is 5.91 Å². The molecule has 2 aliphatic rings. The van der Waals surface area contributed by atoms with Crippen molar-refractivity contribution in [1.82, 2.24) is 0 Å². The monoisotopic (exact) mass is 331 g/mol. The van der Waals surface area contributed by atoms with E-state index in [4.69, 9.17) is 0 Å². The molecular weight excluding hydrogens is 306 g/mol. The highest BCUT2D eigenvalue weighted by Gasteiger charge is 2.60. The molecule has 0 spiro atoms. The summed E-state index contributed by atoms with van der Waals surface area (Å²) in [5, 5.41) is 3.15. The van der Waals surface area contributed by atoms with Crippen molar-refractivity contribution in [3.05, 3.63) is 65.2 Å². The van der Waals surface area contributed by atoms with Gasteiger partial charge in [0.05, 0.1) is 5.92 Å². The lowest BCUT2D eigenvalue weighted by molar-refractivity contribution is -0.118. The summed E-state index contributed by atoms with van der Waals surface area (Å²) in [6.07, 6.45) is 3.19. The fourth-order valence-electron chi connectivity index (χ4n) is 4.29. The van der Waals surface area contributed by atoms with Crippen molar-refractivity contribution < 1.29 is 4.79 Å². The Labute approximate surface area is 150 Å². The molecule has 0 aromatic heterocycles. The van der Waals surface area contributed by atoms with Crippen LogP contribution in [0.2, 0.25) is 0 Å². The Morgan fingerprint density at radius 1 is 1.08 bits per heavy atom. The number of rotatable bonds is 3. The fraction of sp³-hybridized carbons (Fsp3) is 0.348. The molecule has 128 valence electrons. The highest BCUT2D eigenvalue weighted by molar-refractivity contribution is 5.96. The summed E-state index contributed by atoms with van der Waals surface area (Å²) >= 11 is 0. The largest absolute Gasteiger partial charge is 0.326 e. The van der Waals surface area contributed by atoms with Crippen LogP contribution in [0.5, 0.6) is 0 Å². The molecule has 0 saturated heterocycles. The predicted octanol–water partition coefficient (Wildman–Crippen LogP) is 5.43. The van der Waals surface area contributed by atoms with Crippen molar-refractivity contribution in [3.63, 3.8) is 0 Å². The summed E-state index contributed by atoms with van der Waals surface area (Å²) in [6, 6.07) is 14.8. The van der Waals surface area contributed by atoms with Crippen molar-refractivity contribution in [1.29, 1.82) is 0 Å². The number of hydrogen-bond acceptors (Lipinski definition) is 1. The smallest absolute Gasteiger partial charge is 0.228 e. The van der Waals surface area contributed by atoms with Crippen LogP contribution < -0.4 is 5.32 Å². The Balaban J connectivity index is 1.53. The molecule has 2 nitrogen and oxygen atoms in total. The third-order valence-corrected chi connectivity index (χ3v) is 5.77. The zero-order valence-corrected chi connectivity index (χ0v) is 15.4. The minimum Gasteiger partial charge on any atom is -0.326 e. The van der Waals surface area contributed by atoms with E-state index in [1.165, 1.54) is 27.8 Å². The van der Waals surface area contributed by atoms with Crippen molar-refractivity contribution in [3.8, 4) is 11.1 Å². The second kappa shape index (κ2) is 5.59. The molecule has 25 heavy (non-hydrogen) atoms. The van der Waals surface area contributed by atoms with E-state index in [2.05, 4.69) is 75.5 Å². The highest BCUT2D eigenvalue weighted by atomic mass is 16.2. The van der Waals surface area contributed by atoms with Gasteiger partial charge in [-0.1, -0.05) is 55.8 Å². The van der Waals surface area contributed by atoms with Crippen LogP contribution in [0.4, 0.5) is 5.69 Å². The molecule has 0 heterocycles. The molecule has 0 unspecified atom stereocenters. The molecule has 1 amide bonds. The van der Waals surface area contributed by atoms with E-state index >= 15 is 0 Å². The predicted molar refractivity (Wildman–Crippen MR) is 104 cm³/mol. The lowest BCUT2D eigenvalue weighted by atomic mass is 10.1. The fourth-order valence-corrected chi connectivity index (χ4v) is 4.29. The van der Waals surface area contributed by atoms with Gasteiger partial charge in [0.2, 0.25) is 5.91 Å². The Morgan fingerprint density at radius 3 is 2.56 bits per heavy atom. The normalized spacial score (nSPS) is 21.9. The number of fused-ring (bicyclic) bond motifs is 3. The molecule has 4 rings (SSSR count). The van der Waals surface area contributed by atoms with Gasteiger partial charge < -0.3 is 5.32 Å². The summed E-state index contributed by atoms with van der Waals surface area (Å²) in [7, 11) is 0. The standard InChI is InChI=1S/C23H25NO/c1-14(2)11-20-21(23(20,3)4)22(25)24-17-9-10-19-16(13-17)12-15-7-5-6-8-18(15)19/h5-11,13,20-21H,12H2,1-4H3,(H,24,25)/t20-,21-/m1/s1. The second-order valence-electron chi connectivity index (χ2n) is 8.26. The topological polar surface area (TPSA) is 29.1 Å². The maximum atomic E-state index is 12.8. The number of anilines is 1. The van der Waals surface area contributed by atoms with Crippen LogP contribution >= 0.6 is 0 Å². The molecule has 2 heteroatoms. The van der Waals surface area contributed by atoms with Crippen molar-refractivity contribution in [2.75, 3.05) is 5.32 Å². The molecular formula is C23H25NO. The minimum absolute atomic E-state index is 0.0499.